The van der Waals surface area contributed by atoms with Gasteiger partial charge >= 0.3 is 0 Å². The SMILES string of the molecule is CC(C)NCc1nc(C2CCCC2)cc(=O)[nH]1. The van der Waals surface area contributed by atoms with E-state index in [0.717, 1.165) is 11.5 Å². The molecular formula is C13H21N3O. The van der Waals surface area contributed by atoms with E-state index in [1.54, 1.807) is 6.07 Å². The summed E-state index contributed by atoms with van der Waals surface area (Å²) in [6.45, 7) is 4.80. The topological polar surface area (TPSA) is 57.8 Å². The minimum atomic E-state index is -0.0255. The summed E-state index contributed by atoms with van der Waals surface area (Å²) in [7, 11) is 0. The second-order valence-electron chi connectivity index (χ2n) is 5.13. The lowest BCUT2D eigenvalue weighted by Crippen LogP contribution is -2.25. The van der Waals surface area contributed by atoms with Crippen LogP contribution in [0.25, 0.3) is 0 Å². The van der Waals surface area contributed by atoms with Crippen molar-refractivity contribution in [1.29, 1.82) is 0 Å². The average molecular weight is 235 g/mol. The number of aromatic amines is 1. The third kappa shape index (κ3) is 3.40. The Morgan fingerprint density at radius 3 is 2.82 bits per heavy atom. The largest absolute Gasteiger partial charge is 0.309 e. The highest BCUT2D eigenvalue weighted by molar-refractivity contribution is 5.10. The van der Waals surface area contributed by atoms with E-state index in [-0.39, 0.29) is 5.56 Å². The van der Waals surface area contributed by atoms with Crippen molar-refractivity contribution in [1.82, 2.24) is 15.3 Å². The van der Waals surface area contributed by atoms with Gasteiger partial charge in [-0.25, -0.2) is 4.98 Å². The smallest absolute Gasteiger partial charge is 0.251 e. The predicted octanol–water partition coefficient (Wildman–Crippen LogP) is 1.93. The van der Waals surface area contributed by atoms with Gasteiger partial charge in [-0.05, 0) is 12.8 Å². The maximum atomic E-state index is 11.6. The number of rotatable bonds is 4. The Morgan fingerprint density at radius 1 is 1.47 bits per heavy atom. The van der Waals surface area contributed by atoms with Crippen molar-refractivity contribution in [2.45, 2.75) is 58.0 Å². The lowest BCUT2D eigenvalue weighted by molar-refractivity contribution is 0.565. The molecule has 1 aromatic rings. The van der Waals surface area contributed by atoms with Crippen molar-refractivity contribution < 1.29 is 0 Å². The minimum Gasteiger partial charge on any atom is -0.309 e. The van der Waals surface area contributed by atoms with Gasteiger partial charge in [-0.2, -0.15) is 0 Å². The lowest BCUT2D eigenvalue weighted by atomic mass is 10.0. The van der Waals surface area contributed by atoms with E-state index in [1.807, 2.05) is 0 Å². The van der Waals surface area contributed by atoms with Crippen molar-refractivity contribution in [3.8, 4) is 0 Å². The fraction of sp³-hybridized carbons (Fsp3) is 0.692. The molecule has 1 heterocycles. The predicted molar refractivity (Wildman–Crippen MR) is 68.0 cm³/mol. The van der Waals surface area contributed by atoms with Crippen LogP contribution >= 0.6 is 0 Å². The van der Waals surface area contributed by atoms with Crippen LogP contribution in [0.5, 0.6) is 0 Å². The first kappa shape index (κ1) is 12.3. The zero-order chi connectivity index (χ0) is 12.3. The van der Waals surface area contributed by atoms with E-state index in [9.17, 15) is 4.79 Å². The van der Waals surface area contributed by atoms with E-state index in [1.165, 1.54) is 25.7 Å². The van der Waals surface area contributed by atoms with Crippen LogP contribution < -0.4 is 10.9 Å². The molecule has 2 rings (SSSR count). The van der Waals surface area contributed by atoms with E-state index < -0.39 is 0 Å². The highest BCUT2D eigenvalue weighted by Crippen LogP contribution is 2.32. The molecule has 0 radical (unpaired) electrons. The number of aromatic nitrogens is 2. The Morgan fingerprint density at radius 2 is 2.18 bits per heavy atom. The van der Waals surface area contributed by atoms with Gasteiger partial charge in [0.25, 0.3) is 5.56 Å². The third-order valence-electron chi connectivity index (χ3n) is 3.26. The van der Waals surface area contributed by atoms with Crippen molar-refractivity contribution in [3.63, 3.8) is 0 Å². The van der Waals surface area contributed by atoms with Crippen molar-refractivity contribution >= 4 is 0 Å². The number of hydrogen-bond acceptors (Lipinski definition) is 3. The van der Waals surface area contributed by atoms with Gasteiger partial charge in [-0.1, -0.05) is 26.7 Å². The third-order valence-corrected chi connectivity index (χ3v) is 3.26. The Hall–Kier alpha value is -1.16. The molecule has 0 amide bonds. The molecule has 0 bridgehead atoms. The molecule has 1 saturated carbocycles. The summed E-state index contributed by atoms with van der Waals surface area (Å²) in [5, 5.41) is 3.27. The van der Waals surface area contributed by atoms with E-state index in [4.69, 9.17) is 0 Å². The second kappa shape index (κ2) is 5.45. The Balaban J connectivity index is 2.14. The van der Waals surface area contributed by atoms with Gasteiger partial charge in [0.1, 0.15) is 5.82 Å². The van der Waals surface area contributed by atoms with Crippen LogP contribution in [-0.4, -0.2) is 16.0 Å². The van der Waals surface area contributed by atoms with Crippen molar-refractivity contribution in [2.75, 3.05) is 0 Å². The maximum absolute atomic E-state index is 11.6. The van der Waals surface area contributed by atoms with Gasteiger partial charge < -0.3 is 10.3 Å². The quantitative estimate of drug-likeness (QED) is 0.838. The summed E-state index contributed by atoms with van der Waals surface area (Å²) < 4.78 is 0. The highest BCUT2D eigenvalue weighted by atomic mass is 16.1. The molecule has 2 N–H and O–H groups in total. The highest BCUT2D eigenvalue weighted by Gasteiger charge is 2.19. The van der Waals surface area contributed by atoms with Gasteiger partial charge in [0.15, 0.2) is 0 Å². The molecule has 4 nitrogen and oxygen atoms in total. The molecule has 4 heteroatoms. The monoisotopic (exact) mass is 235 g/mol. The molecule has 94 valence electrons. The standard InChI is InChI=1S/C13H21N3O/c1-9(2)14-8-12-15-11(7-13(17)16-12)10-5-3-4-6-10/h7,9-10,14H,3-6,8H2,1-2H3,(H,15,16,17). The van der Waals surface area contributed by atoms with E-state index >= 15 is 0 Å². The lowest BCUT2D eigenvalue weighted by Gasteiger charge is -2.11. The summed E-state index contributed by atoms with van der Waals surface area (Å²) in [5.74, 6) is 1.25. The van der Waals surface area contributed by atoms with Crippen LogP contribution in [0.15, 0.2) is 10.9 Å². The molecule has 17 heavy (non-hydrogen) atoms. The summed E-state index contributed by atoms with van der Waals surface area (Å²) in [5.41, 5.74) is 0.953. The van der Waals surface area contributed by atoms with Crippen LogP contribution in [0.1, 0.15) is 57.0 Å². The maximum Gasteiger partial charge on any atom is 0.251 e. The Labute approximate surface area is 102 Å². The van der Waals surface area contributed by atoms with Crippen LogP contribution in [0, 0.1) is 0 Å². The van der Waals surface area contributed by atoms with E-state index in [2.05, 4.69) is 29.1 Å². The first-order valence-corrected chi connectivity index (χ1v) is 6.48. The summed E-state index contributed by atoms with van der Waals surface area (Å²) in [6, 6.07) is 2.06. The molecule has 0 unspecified atom stereocenters. The molecule has 0 aromatic carbocycles. The van der Waals surface area contributed by atoms with Crippen LogP contribution in [0.2, 0.25) is 0 Å². The van der Waals surface area contributed by atoms with E-state index in [0.29, 0.717) is 18.5 Å². The average Bonchev–Trinajstić information content (AvgIpc) is 2.79. The fourth-order valence-electron chi connectivity index (χ4n) is 2.34. The van der Waals surface area contributed by atoms with Gasteiger partial charge in [-0.15, -0.1) is 0 Å². The zero-order valence-electron chi connectivity index (χ0n) is 10.6. The molecule has 0 saturated heterocycles. The number of nitrogens with zero attached hydrogens (tertiary/aromatic N) is 1. The molecule has 1 fully saturated rings. The van der Waals surface area contributed by atoms with Crippen LogP contribution in [-0.2, 0) is 6.54 Å². The number of hydrogen-bond donors (Lipinski definition) is 2. The van der Waals surface area contributed by atoms with Gasteiger partial charge in [0.05, 0.1) is 12.2 Å². The van der Waals surface area contributed by atoms with Crippen molar-refractivity contribution in [3.05, 3.63) is 27.9 Å². The molecule has 1 aliphatic carbocycles. The van der Waals surface area contributed by atoms with Gasteiger partial charge in [0.2, 0.25) is 0 Å². The number of nitrogens with one attached hydrogen (secondary N) is 2. The fourth-order valence-corrected chi connectivity index (χ4v) is 2.34. The molecule has 1 aliphatic rings. The second-order valence-corrected chi connectivity index (χ2v) is 5.13. The van der Waals surface area contributed by atoms with Crippen molar-refractivity contribution in [2.24, 2.45) is 0 Å². The van der Waals surface area contributed by atoms with Gasteiger partial charge in [-0.3, -0.25) is 4.79 Å². The zero-order valence-corrected chi connectivity index (χ0v) is 10.6. The minimum absolute atomic E-state index is 0.0255. The van der Waals surface area contributed by atoms with Crippen LogP contribution in [0.4, 0.5) is 0 Å². The Bertz CT molecular complexity index is 419. The van der Waals surface area contributed by atoms with Gasteiger partial charge in [0, 0.05) is 18.0 Å². The number of H-pyrrole nitrogens is 1. The first-order valence-electron chi connectivity index (χ1n) is 6.48. The summed E-state index contributed by atoms with van der Waals surface area (Å²) in [6.07, 6.45) is 4.87. The normalized spacial score (nSPS) is 16.9. The molecule has 0 spiro atoms. The Kier molecular flexibility index (Phi) is 3.94. The molecule has 1 aromatic heterocycles. The molecule has 0 atom stereocenters. The van der Waals surface area contributed by atoms with Crippen LogP contribution in [0.3, 0.4) is 0 Å². The summed E-state index contributed by atoms with van der Waals surface area (Å²) in [4.78, 5) is 19.0. The molecular weight excluding hydrogens is 214 g/mol. The molecule has 0 aliphatic heterocycles. The first-order chi connectivity index (χ1) is 8.15. The summed E-state index contributed by atoms with van der Waals surface area (Å²) >= 11 is 0.